The van der Waals surface area contributed by atoms with Gasteiger partial charge < -0.3 is 14.8 Å². The Hall–Kier alpha value is -2.74. The number of nitrogens with zero attached hydrogens (tertiary/aromatic N) is 1. The molecule has 0 unspecified atom stereocenters. The van der Waals surface area contributed by atoms with E-state index in [4.69, 9.17) is 14.7 Å². The van der Waals surface area contributed by atoms with E-state index < -0.39 is 5.82 Å². The van der Waals surface area contributed by atoms with Crippen LogP contribution in [0.2, 0.25) is 0 Å². The molecule has 0 heterocycles. The summed E-state index contributed by atoms with van der Waals surface area (Å²) in [5.41, 5.74) is 2.02. The fourth-order valence-corrected chi connectivity index (χ4v) is 1.93. The number of rotatable bonds is 5. The Labute approximate surface area is 122 Å². The van der Waals surface area contributed by atoms with Crippen molar-refractivity contribution in [1.82, 2.24) is 0 Å². The van der Waals surface area contributed by atoms with Gasteiger partial charge in [0.2, 0.25) is 0 Å². The van der Waals surface area contributed by atoms with Crippen LogP contribution in [0.15, 0.2) is 36.4 Å². The van der Waals surface area contributed by atoms with Crippen LogP contribution >= 0.6 is 0 Å². The predicted octanol–water partition coefficient (Wildman–Crippen LogP) is 3.33. The second-order valence-corrected chi connectivity index (χ2v) is 4.35. The summed E-state index contributed by atoms with van der Waals surface area (Å²) in [6, 6.07) is 12.1. The van der Waals surface area contributed by atoms with Gasteiger partial charge in [0.25, 0.3) is 0 Å². The lowest BCUT2D eigenvalue weighted by atomic mass is 10.1. The summed E-state index contributed by atoms with van der Waals surface area (Å²) in [5.74, 6) is 0.323. The van der Waals surface area contributed by atoms with E-state index in [0.29, 0.717) is 23.5 Å². The van der Waals surface area contributed by atoms with Crippen molar-refractivity contribution in [2.75, 3.05) is 19.5 Å². The van der Waals surface area contributed by atoms with Crippen molar-refractivity contribution >= 4 is 5.69 Å². The van der Waals surface area contributed by atoms with Crippen molar-refractivity contribution in [1.29, 1.82) is 5.26 Å². The number of anilines is 1. The first-order valence-corrected chi connectivity index (χ1v) is 6.32. The van der Waals surface area contributed by atoms with Gasteiger partial charge in [-0.25, -0.2) is 4.39 Å². The zero-order valence-electron chi connectivity index (χ0n) is 11.8. The van der Waals surface area contributed by atoms with Crippen molar-refractivity contribution < 1.29 is 13.9 Å². The molecule has 2 aromatic carbocycles. The van der Waals surface area contributed by atoms with Gasteiger partial charge in [0.05, 0.1) is 19.8 Å². The molecule has 0 amide bonds. The first kappa shape index (κ1) is 14.7. The fourth-order valence-electron chi connectivity index (χ4n) is 1.93. The number of nitrogens with one attached hydrogen (secondary N) is 1. The molecule has 21 heavy (non-hydrogen) atoms. The number of benzene rings is 2. The molecule has 0 radical (unpaired) electrons. The number of nitriles is 1. The summed E-state index contributed by atoms with van der Waals surface area (Å²) in [6.45, 7) is 0.477. The molecule has 0 aliphatic heterocycles. The van der Waals surface area contributed by atoms with Gasteiger partial charge in [-0.2, -0.15) is 5.26 Å². The van der Waals surface area contributed by atoms with E-state index in [9.17, 15) is 4.39 Å². The Kier molecular flexibility index (Phi) is 4.62. The minimum atomic E-state index is -0.421. The second-order valence-electron chi connectivity index (χ2n) is 4.35. The second kappa shape index (κ2) is 6.62. The summed E-state index contributed by atoms with van der Waals surface area (Å²) < 4.78 is 23.5. The summed E-state index contributed by atoms with van der Waals surface area (Å²) in [7, 11) is 2.94. The zero-order chi connectivity index (χ0) is 15.2. The Balaban J connectivity index is 2.10. The van der Waals surface area contributed by atoms with Crippen LogP contribution in [0.3, 0.4) is 0 Å². The normalized spacial score (nSPS) is 9.81. The molecule has 4 nitrogen and oxygen atoms in total. The van der Waals surface area contributed by atoms with Crippen molar-refractivity contribution in [2.45, 2.75) is 6.54 Å². The van der Waals surface area contributed by atoms with Crippen LogP contribution in [0.5, 0.6) is 11.5 Å². The van der Waals surface area contributed by atoms with Crippen LogP contribution in [-0.4, -0.2) is 14.2 Å². The molecule has 2 rings (SSSR count). The van der Waals surface area contributed by atoms with Crippen LogP contribution in [0, 0.1) is 17.1 Å². The molecule has 108 valence electrons. The molecule has 0 saturated carbocycles. The lowest BCUT2D eigenvalue weighted by Gasteiger charge is -2.10. The molecule has 1 N–H and O–H groups in total. The molecule has 0 bridgehead atoms. The summed E-state index contributed by atoms with van der Waals surface area (Å²) >= 11 is 0. The van der Waals surface area contributed by atoms with Crippen molar-refractivity contribution in [2.24, 2.45) is 0 Å². The highest BCUT2D eigenvalue weighted by Crippen LogP contribution is 2.22. The van der Waals surface area contributed by atoms with E-state index in [1.54, 1.807) is 24.3 Å². The van der Waals surface area contributed by atoms with Crippen LogP contribution in [0.25, 0.3) is 0 Å². The smallest absolute Gasteiger partial charge is 0.167 e. The van der Waals surface area contributed by atoms with E-state index in [-0.39, 0.29) is 5.75 Å². The maximum atomic E-state index is 13.6. The molecule has 5 heteroatoms. The van der Waals surface area contributed by atoms with Crippen LogP contribution in [-0.2, 0) is 6.54 Å². The van der Waals surface area contributed by atoms with Crippen molar-refractivity contribution in [3.8, 4) is 17.6 Å². The minimum absolute atomic E-state index is 0.205. The lowest BCUT2D eigenvalue weighted by Crippen LogP contribution is -2.01. The lowest BCUT2D eigenvalue weighted by molar-refractivity contribution is 0.386. The highest BCUT2D eigenvalue weighted by molar-refractivity contribution is 5.49. The highest BCUT2D eigenvalue weighted by Gasteiger charge is 2.05. The minimum Gasteiger partial charge on any atom is -0.495 e. The van der Waals surface area contributed by atoms with Gasteiger partial charge in [-0.1, -0.05) is 6.07 Å². The van der Waals surface area contributed by atoms with Crippen LogP contribution in [0.4, 0.5) is 10.1 Å². The van der Waals surface area contributed by atoms with E-state index >= 15 is 0 Å². The quantitative estimate of drug-likeness (QED) is 0.916. The van der Waals surface area contributed by atoms with Gasteiger partial charge in [0.15, 0.2) is 11.6 Å². The third kappa shape index (κ3) is 3.42. The number of methoxy groups -OCH3 is 2. The molecule has 0 aliphatic carbocycles. The number of hydrogen-bond acceptors (Lipinski definition) is 4. The average Bonchev–Trinajstić information content (AvgIpc) is 2.52. The summed E-state index contributed by atoms with van der Waals surface area (Å²) in [5, 5.41) is 12.1. The van der Waals surface area contributed by atoms with E-state index in [0.717, 1.165) is 5.56 Å². The van der Waals surface area contributed by atoms with Gasteiger partial charge in [0, 0.05) is 18.3 Å². The molecular weight excluding hydrogens is 271 g/mol. The van der Waals surface area contributed by atoms with E-state index in [1.165, 1.54) is 20.3 Å². The Morgan fingerprint density at radius 3 is 2.43 bits per heavy atom. The van der Waals surface area contributed by atoms with Gasteiger partial charge in [-0.05, 0) is 29.8 Å². The number of halogens is 1. The third-order valence-corrected chi connectivity index (χ3v) is 3.03. The topological polar surface area (TPSA) is 54.3 Å². The molecule has 0 atom stereocenters. The van der Waals surface area contributed by atoms with Gasteiger partial charge in [-0.15, -0.1) is 0 Å². The van der Waals surface area contributed by atoms with Crippen LogP contribution < -0.4 is 14.8 Å². The molecule has 0 aromatic heterocycles. The molecular formula is C16H15FN2O2. The monoisotopic (exact) mass is 286 g/mol. The molecule has 2 aromatic rings. The Morgan fingerprint density at radius 1 is 1.10 bits per heavy atom. The van der Waals surface area contributed by atoms with Gasteiger partial charge in [-0.3, -0.25) is 0 Å². The summed E-state index contributed by atoms with van der Waals surface area (Å²) in [6.07, 6.45) is 0. The SMILES string of the molecule is COc1ccc(NCc2ccc(OC)c(C#N)c2)cc1F. The third-order valence-electron chi connectivity index (χ3n) is 3.03. The van der Waals surface area contributed by atoms with Crippen molar-refractivity contribution in [3.05, 3.63) is 53.3 Å². The number of ether oxygens (including phenoxy) is 2. The first-order valence-electron chi connectivity index (χ1n) is 6.32. The average molecular weight is 286 g/mol. The van der Waals surface area contributed by atoms with Gasteiger partial charge >= 0.3 is 0 Å². The predicted molar refractivity (Wildman–Crippen MR) is 78.0 cm³/mol. The molecule has 0 spiro atoms. The summed E-state index contributed by atoms with van der Waals surface area (Å²) in [4.78, 5) is 0. The van der Waals surface area contributed by atoms with Crippen molar-refractivity contribution in [3.63, 3.8) is 0 Å². The molecule has 0 aliphatic rings. The Bertz CT molecular complexity index is 680. The van der Waals surface area contributed by atoms with E-state index in [1.807, 2.05) is 6.07 Å². The standard InChI is InChI=1S/C16H15FN2O2/c1-20-15-5-3-11(7-12(15)9-18)10-19-13-4-6-16(21-2)14(17)8-13/h3-8,19H,10H2,1-2H3. The Morgan fingerprint density at radius 2 is 1.81 bits per heavy atom. The molecule has 0 saturated heterocycles. The van der Waals surface area contributed by atoms with E-state index in [2.05, 4.69) is 11.4 Å². The molecule has 0 fully saturated rings. The zero-order valence-corrected chi connectivity index (χ0v) is 11.8. The maximum Gasteiger partial charge on any atom is 0.167 e. The first-order chi connectivity index (χ1) is 10.2. The fraction of sp³-hybridized carbons (Fsp3) is 0.188. The highest BCUT2D eigenvalue weighted by atomic mass is 19.1. The van der Waals surface area contributed by atoms with Crippen LogP contribution in [0.1, 0.15) is 11.1 Å². The maximum absolute atomic E-state index is 13.6. The van der Waals surface area contributed by atoms with Gasteiger partial charge in [0.1, 0.15) is 11.8 Å². The number of hydrogen-bond donors (Lipinski definition) is 1. The largest absolute Gasteiger partial charge is 0.495 e.